The molecule has 1 rings (SSSR count). The Bertz CT molecular complexity index is 413. The van der Waals surface area contributed by atoms with Crippen molar-refractivity contribution in [2.45, 2.75) is 52.2 Å². The predicted octanol–water partition coefficient (Wildman–Crippen LogP) is 2.20. The second kappa shape index (κ2) is 5.11. The molecule has 0 aromatic heterocycles. The molecule has 0 atom stereocenters. The molecule has 0 bridgehead atoms. The molecular weight excluding hydrogens is 226 g/mol. The van der Waals surface area contributed by atoms with Crippen LogP contribution in [-0.4, -0.2) is 22.2 Å². The Kier molecular flexibility index (Phi) is 4.17. The van der Waals surface area contributed by atoms with E-state index in [2.05, 4.69) is 5.32 Å². The van der Waals surface area contributed by atoms with E-state index in [4.69, 9.17) is 0 Å². The highest BCUT2D eigenvalue weighted by Gasteiger charge is 2.36. The molecule has 0 spiro atoms. The lowest BCUT2D eigenvalue weighted by Crippen LogP contribution is -2.58. The van der Waals surface area contributed by atoms with E-state index < -0.39 is 11.1 Å². The van der Waals surface area contributed by atoms with Gasteiger partial charge in [0.15, 0.2) is 0 Å². The van der Waals surface area contributed by atoms with Crippen LogP contribution in [0.1, 0.15) is 38.8 Å². The fraction of sp³-hybridized carbons (Fsp3) is 0.533. The fourth-order valence-corrected chi connectivity index (χ4v) is 1.44. The molecule has 2 N–H and O–H groups in total. The molecule has 1 aromatic rings. The van der Waals surface area contributed by atoms with Crippen molar-refractivity contribution in [2.24, 2.45) is 0 Å². The van der Waals surface area contributed by atoms with Gasteiger partial charge in [-0.3, -0.25) is 4.79 Å². The second-order valence-electron chi connectivity index (χ2n) is 5.89. The Morgan fingerprint density at radius 3 is 2.11 bits per heavy atom. The highest BCUT2D eigenvalue weighted by atomic mass is 16.3. The van der Waals surface area contributed by atoms with Gasteiger partial charge in [0.25, 0.3) is 0 Å². The number of amides is 1. The Morgan fingerprint density at radius 1 is 1.17 bits per heavy atom. The zero-order chi connectivity index (χ0) is 14.0. The molecule has 0 saturated carbocycles. The fourth-order valence-electron chi connectivity index (χ4n) is 1.44. The predicted molar refractivity (Wildman–Crippen MR) is 73.4 cm³/mol. The van der Waals surface area contributed by atoms with Gasteiger partial charge in [0.1, 0.15) is 0 Å². The molecule has 3 heteroatoms. The molecule has 0 aliphatic rings. The zero-order valence-corrected chi connectivity index (χ0v) is 11.9. The highest BCUT2D eigenvalue weighted by molar-refractivity contribution is 5.79. The van der Waals surface area contributed by atoms with Crippen molar-refractivity contribution in [1.29, 1.82) is 0 Å². The van der Waals surface area contributed by atoms with Crippen LogP contribution >= 0.6 is 0 Å². The molecule has 18 heavy (non-hydrogen) atoms. The third-order valence-corrected chi connectivity index (χ3v) is 3.47. The van der Waals surface area contributed by atoms with Gasteiger partial charge in [0.2, 0.25) is 5.91 Å². The largest absolute Gasteiger partial charge is 0.388 e. The molecule has 1 amide bonds. The maximum Gasteiger partial charge on any atom is 0.224 e. The number of rotatable bonds is 4. The maximum atomic E-state index is 11.9. The summed E-state index contributed by atoms with van der Waals surface area (Å²) in [6.45, 7) is 9.04. The third kappa shape index (κ3) is 3.84. The van der Waals surface area contributed by atoms with Gasteiger partial charge in [-0.1, -0.05) is 29.8 Å². The minimum Gasteiger partial charge on any atom is -0.388 e. The molecule has 0 aliphatic heterocycles. The lowest BCUT2D eigenvalue weighted by Gasteiger charge is -2.38. The van der Waals surface area contributed by atoms with Gasteiger partial charge in [-0.25, -0.2) is 0 Å². The van der Waals surface area contributed by atoms with E-state index >= 15 is 0 Å². The molecule has 0 aliphatic carbocycles. The van der Waals surface area contributed by atoms with E-state index in [1.807, 2.05) is 45.0 Å². The number of nitrogens with one attached hydrogen (secondary N) is 1. The third-order valence-electron chi connectivity index (χ3n) is 3.47. The minimum atomic E-state index is -0.962. The summed E-state index contributed by atoms with van der Waals surface area (Å²) in [6.07, 6.45) is 0.333. The second-order valence-corrected chi connectivity index (χ2v) is 5.89. The van der Waals surface area contributed by atoms with Crippen LogP contribution in [-0.2, 0) is 11.2 Å². The van der Waals surface area contributed by atoms with E-state index in [0.29, 0.717) is 6.42 Å². The topological polar surface area (TPSA) is 49.3 Å². The number of carbonyl (C=O) groups is 1. The molecule has 3 nitrogen and oxygen atoms in total. The SMILES string of the molecule is Cc1ccc(CC(=O)NC(C)(C)C(C)(C)O)cc1. The first-order valence-electron chi connectivity index (χ1n) is 6.21. The smallest absolute Gasteiger partial charge is 0.224 e. The van der Waals surface area contributed by atoms with Crippen molar-refractivity contribution in [1.82, 2.24) is 5.32 Å². The van der Waals surface area contributed by atoms with Crippen LogP contribution in [0.4, 0.5) is 0 Å². The lowest BCUT2D eigenvalue weighted by molar-refractivity contribution is -0.125. The van der Waals surface area contributed by atoms with Gasteiger partial charge in [0, 0.05) is 0 Å². The lowest BCUT2D eigenvalue weighted by atomic mass is 9.86. The molecular formula is C15H23NO2. The summed E-state index contributed by atoms with van der Waals surface area (Å²) >= 11 is 0. The first kappa shape index (κ1) is 14.7. The van der Waals surface area contributed by atoms with Crippen molar-refractivity contribution in [2.75, 3.05) is 0 Å². The molecule has 0 saturated heterocycles. The van der Waals surface area contributed by atoms with Crippen molar-refractivity contribution in [3.63, 3.8) is 0 Å². The average Bonchev–Trinajstić information content (AvgIpc) is 2.19. The van der Waals surface area contributed by atoms with Gasteiger partial charge in [0.05, 0.1) is 17.6 Å². The van der Waals surface area contributed by atoms with Crippen LogP contribution in [0.5, 0.6) is 0 Å². The van der Waals surface area contributed by atoms with Crippen LogP contribution < -0.4 is 5.32 Å². The quantitative estimate of drug-likeness (QED) is 0.859. The summed E-state index contributed by atoms with van der Waals surface area (Å²) in [6, 6.07) is 7.88. The molecule has 0 fully saturated rings. The number of hydrogen-bond acceptors (Lipinski definition) is 2. The van der Waals surface area contributed by atoms with Crippen LogP contribution in [0.2, 0.25) is 0 Å². The summed E-state index contributed by atoms with van der Waals surface area (Å²) in [4.78, 5) is 11.9. The molecule has 0 radical (unpaired) electrons. The maximum absolute atomic E-state index is 11.9. The monoisotopic (exact) mass is 249 g/mol. The Labute approximate surface area is 109 Å². The normalized spacial score (nSPS) is 12.3. The Morgan fingerprint density at radius 2 is 1.67 bits per heavy atom. The number of aliphatic hydroxyl groups is 1. The highest BCUT2D eigenvalue weighted by Crippen LogP contribution is 2.20. The number of aryl methyl sites for hydroxylation is 1. The van der Waals surface area contributed by atoms with Crippen LogP contribution in [0.3, 0.4) is 0 Å². The van der Waals surface area contributed by atoms with E-state index in [0.717, 1.165) is 5.56 Å². The summed E-state index contributed by atoms with van der Waals surface area (Å²) < 4.78 is 0. The van der Waals surface area contributed by atoms with E-state index in [-0.39, 0.29) is 5.91 Å². The van der Waals surface area contributed by atoms with Crippen LogP contribution in [0.25, 0.3) is 0 Å². The van der Waals surface area contributed by atoms with Crippen molar-refractivity contribution in [3.05, 3.63) is 35.4 Å². The van der Waals surface area contributed by atoms with Gasteiger partial charge in [-0.2, -0.15) is 0 Å². The van der Waals surface area contributed by atoms with E-state index in [1.165, 1.54) is 5.56 Å². The summed E-state index contributed by atoms with van der Waals surface area (Å²) in [7, 11) is 0. The zero-order valence-electron chi connectivity index (χ0n) is 11.9. The van der Waals surface area contributed by atoms with Crippen molar-refractivity contribution < 1.29 is 9.90 Å². The van der Waals surface area contributed by atoms with Crippen molar-refractivity contribution >= 4 is 5.91 Å². The first-order valence-corrected chi connectivity index (χ1v) is 6.21. The molecule has 1 aromatic carbocycles. The average molecular weight is 249 g/mol. The van der Waals surface area contributed by atoms with Gasteiger partial charge >= 0.3 is 0 Å². The standard InChI is InChI=1S/C15H23NO2/c1-11-6-8-12(9-7-11)10-13(17)16-14(2,3)15(4,5)18/h6-9,18H,10H2,1-5H3,(H,16,17). The molecule has 100 valence electrons. The molecule has 0 heterocycles. The summed E-state index contributed by atoms with van der Waals surface area (Å²) in [5.74, 6) is -0.0778. The minimum absolute atomic E-state index is 0.0778. The number of hydrogen-bond donors (Lipinski definition) is 2. The van der Waals surface area contributed by atoms with E-state index in [1.54, 1.807) is 13.8 Å². The van der Waals surface area contributed by atoms with Crippen molar-refractivity contribution in [3.8, 4) is 0 Å². The first-order chi connectivity index (χ1) is 8.12. The number of benzene rings is 1. The van der Waals surface area contributed by atoms with Gasteiger partial charge in [-0.15, -0.1) is 0 Å². The summed E-state index contributed by atoms with van der Waals surface area (Å²) in [5.41, 5.74) is 0.533. The van der Waals surface area contributed by atoms with Crippen LogP contribution in [0, 0.1) is 6.92 Å². The summed E-state index contributed by atoms with van der Waals surface area (Å²) in [5, 5.41) is 12.9. The van der Waals surface area contributed by atoms with Gasteiger partial charge in [-0.05, 0) is 40.2 Å². The Balaban J connectivity index is 2.65. The van der Waals surface area contributed by atoms with E-state index in [9.17, 15) is 9.90 Å². The molecule has 0 unspecified atom stereocenters. The van der Waals surface area contributed by atoms with Crippen LogP contribution in [0.15, 0.2) is 24.3 Å². The van der Waals surface area contributed by atoms with Gasteiger partial charge < -0.3 is 10.4 Å². The Hall–Kier alpha value is -1.35. The number of carbonyl (C=O) groups excluding carboxylic acids is 1.